The summed E-state index contributed by atoms with van der Waals surface area (Å²) in [6.45, 7) is 3.92. The van der Waals surface area contributed by atoms with Gasteiger partial charge in [0.05, 0.1) is 5.69 Å². The Labute approximate surface area is 140 Å². The third-order valence-electron chi connectivity index (χ3n) is 3.35. The Balaban J connectivity index is 2.02. The lowest BCUT2D eigenvalue weighted by Gasteiger charge is -2.13. The summed E-state index contributed by atoms with van der Waals surface area (Å²) >= 11 is 6.00. The lowest BCUT2D eigenvalue weighted by atomic mass is 10.2. The Hall–Kier alpha value is -2.05. The quantitative estimate of drug-likeness (QED) is 0.758. The molecule has 0 aliphatic carbocycles. The van der Waals surface area contributed by atoms with Crippen LogP contribution in [-0.2, 0) is 0 Å². The van der Waals surface area contributed by atoms with Crippen LogP contribution in [0, 0.1) is 6.92 Å². The van der Waals surface area contributed by atoms with Gasteiger partial charge in [-0.15, -0.1) is 5.10 Å². The highest BCUT2D eigenvalue weighted by atomic mass is 35.5. The van der Waals surface area contributed by atoms with Crippen molar-refractivity contribution in [3.63, 3.8) is 0 Å². The minimum atomic E-state index is -0.314. The van der Waals surface area contributed by atoms with Crippen molar-refractivity contribution in [3.8, 4) is 5.69 Å². The van der Waals surface area contributed by atoms with Crippen LogP contribution in [0.4, 0.5) is 10.6 Å². The van der Waals surface area contributed by atoms with Gasteiger partial charge in [-0.1, -0.05) is 17.7 Å². The minimum absolute atomic E-state index is 0.0155. The van der Waals surface area contributed by atoms with Crippen molar-refractivity contribution >= 4 is 23.4 Å². The number of nitrogens with one attached hydrogen (secondary N) is 2. The first-order valence-electron chi connectivity index (χ1n) is 7.50. The molecule has 0 aliphatic rings. The van der Waals surface area contributed by atoms with Crippen molar-refractivity contribution in [1.82, 2.24) is 15.1 Å². The van der Waals surface area contributed by atoms with Crippen molar-refractivity contribution in [2.75, 3.05) is 11.9 Å². The van der Waals surface area contributed by atoms with Crippen LogP contribution >= 0.6 is 11.6 Å². The average Bonchev–Trinajstić information content (AvgIpc) is 2.85. The van der Waals surface area contributed by atoms with Crippen molar-refractivity contribution in [2.24, 2.45) is 0 Å². The number of nitrogens with zero attached hydrogens (tertiary/aromatic N) is 2. The van der Waals surface area contributed by atoms with Gasteiger partial charge in [0.1, 0.15) is 0 Å². The predicted octanol–water partition coefficient (Wildman–Crippen LogP) is 3.12. The zero-order chi connectivity index (χ0) is 16.8. The summed E-state index contributed by atoms with van der Waals surface area (Å²) in [6, 6.07) is 8.81. The molecular formula is C16H21ClN4O2. The molecular weight excluding hydrogens is 316 g/mol. The molecule has 23 heavy (non-hydrogen) atoms. The highest BCUT2D eigenvalue weighted by Gasteiger charge is 2.11. The molecule has 2 amide bonds. The van der Waals surface area contributed by atoms with E-state index in [4.69, 9.17) is 16.7 Å². The molecule has 0 saturated heterocycles. The number of hydrogen-bond acceptors (Lipinski definition) is 3. The van der Waals surface area contributed by atoms with Crippen molar-refractivity contribution in [2.45, 2.75) is 32.7 Å². The van der Waals surface area contributed by atoms with Gasteiger partial charge in [0, 0.05) is 29.4 Å². The Morgan fingerprint density at radius 1 is 1.43 bits per heavy atom. The zero-order valence-corrected chi connectivity index (χ0v) is 14.0. The molecule has 0 aliphatic heterocycles. The fourth-order valence-electron chi connectivity index (χ4n) is 2.25. The minimum Gasteiger partial charge on any atom is -0.396 e. The molecule has 2 aromatic rings. The molecule has 0 saturated carbocycles. The summed E-state index contributed by atoms with van der Waals surface area (Å²) < 4.78 is 1.72. The van der Waals surface area contributed by atoms with E-state index >= 15 is 0 Å². The Bertz CT molecular complexity index is 672. The van der Waals surface area contributed by atoms with E-state index in [1.807, 2.05) is 32.0 Å². The molecule has 3 N–H and O–H groups in total. The molecule has 2 rings (SSSR count). The second-order valence-electron chi connectivity index (χ2n) is 5.43. The average molecular weight is 337 g/mol. The molecule has 1 aromatic heterocycles. The predicted molar refractivity (Wildman–Crippen MR) is 91.2 cm³/mol. The van der Waals surface area contributed by atoms with E-state index in [1.165, 1.54) is 0 Å². The van der Waals surface area contributed by atoms with Crippen molar-refractivity contribution in [3.05, 3.63) is 41.0 Å². The van der Waals surface area contributed by atoms with Gasteiger partial charge in [-0.05, 0) is 44.9 Å². The fraction of sp³-hybridized carbons (Fsp3) is 0.375. The smallest absolute Gasteiger partial charge is 0.320 e. The molecule has 0 bridgehead atoms. The number of hydrogen-bond donors (Lipinski definition) is 3. The molecule has 124 valence electrons. The number of carbonyl (C=O) groups is 1. The number of anilines is 1. The van der Waals surface area contributed by atoms with Gasteiger partial charge >= 0.3 is 6.03 Å². The molecule has 1 aromatic carbocycles. The van der Waals surface area contributed by atoms with E-state index in [1.54, 1.807) is 16.8 Å². The summed E-state index contributed by atoms with van der Waals surface area (Å²) in [6.07, 6.45) is 1.38. The van der Waals surface area contributed by atoms with Gasteiger partial charge in [-0.25, -0.2) is 9.48 Å². The van der Waals surface area contributed by atoms with Gasteiger partial charge in [-0.2, -0.15) is 0 Å². The molecule has 7 heteroatoms. The number of aliphatic hydroxyl groups excluding tert-OH is 1. The number of amides is 2. The Kier molecular flexibility index (Phi) is 6.01. The Morgan fingerprint density at radius 3 is 2.91 bits per heavy atom. The molecule has 1 unspecified atom stereocenters. The van der Waals surface area contributed by atoms with E-state index in [0.29, 0.717) is 17.3 Å². The number of carbonyl (C=O) groups excluding carboxylic acids is 1. The second-order valence-corrected chi connectivity index (χ2v) is 5.86. The van der Waals surface area contributed by atoms with Gasteiger partial charge in [-0.3, -0.25) is 5.32 Å². The topological polar surface area (TPSA) is 79.2 Å². The van der Waals surface area contributed by atoms with Crippen molar-refractivity contribution < 1.29 is 9.90 Å². The zero-order valence-electron chi connectivity index (χ0n) is 13.2. The third-order valence-corrected chi connectivity index (χ3v) is 3.59. The molecule has 1 heterocycles. The first-order valence-corrected chi connectivity index (χ1v) is 7.88. The number of rotatable bonds is 6. The van der Waals surface area contributed by atoms with E-state index in [-0.39, 0.29) is 18.7 Å². The first kappa shape index (κ1) is 17.3. The largest absolute Gasteiger partial charge is 0.396 e. The maximum Gasteiger partial charge on any atom is 0.320 e. The summed E-state index contributed by atoms with van der Waals surface area (Å²) in [5, 5.41) is 19.3. The van der Waals surface area contributed by atoms with E-state index in [0.717, 1.165) is 17.8 Å². The lowest BCUT2D eigenvalue weighted by Crippen LogP contribution is -2.36. The number of aryl methyl sites for hydroxylation is 1. The Morgan fingerprint density at radius 2 is 2.22 bits per heavy atom. The van der Waals surface area contributed by atoms with Crippen LogP contribution in [0.15, 0.2) is 30.3 Å². The van der Waals surface area contributed by atoms with Gasteiger partial charge in [0.25, 0.3) is 0 Å². The van der Waals surface area contributed by atoms with Crippen molar-refractivity contribution in [1.29, 1.82) is 0 Å². The van der Waals surface area contributed by atoms with Crippen LogP contribution in [0.2, 0.25) is 5.02 Å². The summed E-state index contributed by atoms with van der Waals surface area (Å²) in [5.74, 6) is 0.467. The first-order chi connectivity index (χ1) is 11.0. The molecule has 0 spiro atoms. The SMILES string of the molecule is Cc1cc(NC(=O)NC(C)CCCO)nn1-c1cccc(Cl)c1. The molecule has 0 fully saturated rings. The highest BCUT2D eigenvalue weighted by molar-refractivity contribution is 6.30. The van der Waals surface area contributed by atoms with Crippen LogP contribution in [-0.4, -0.2) is 33.6 Å². The van der Waals surface area contributed by atoms with Crippen LogP contribution in [0.5, 0.6) is 0 Å². The van der Waals surface area contributed by atoms with Gasteiger partial charge < -0.3 is 10.4 Å². The number of halogens is 1. The third kappa shape index (κ3) is 4.97. The van der Waals surface area contributed by atoms with E-state index < -0.39 is 0 Å². The monoisotopic (exact) mass is 336 g/mol. The standard InChI is InChI=1S/C16H21ClN4O2/c1-11(5-4-8-22)18-16(23)19-15-9-12(2)21(20-15)14-7-3-6-13(17)10-14/h3,6-7,9-11,22H,4-5,8H2,1-2H3,(H2,18,19,20,23). The molecule has 1 atom stereocenters. The maximum atomic E-state index is 11.9. The number of urea groups is 1. The van der Waals surface area contributed by atoms with Gasteiger partial charge in [0.15, 0.2) is 5.82 Å². The van der Waals surface area contributed by atoms with E-state index in [9.17, 15) is 4.79 Å². The molecule has 6 nitrogen and oxygen atoms in total. The lowest BCUT2D eigenvalue weighted by molar-refractivity contribution is 0.245. The van der Waals surface area contributed by atoms with E-state index in [2.05, 4.69) is 15.7 Å². The van der Waals surface area contributed by atoms with Crippen LogP contribution < -0.4 is 10.6 Å². The highest BCUT2D eigenvalue weighted by Crippen LogP contribution is 2.18. The number of aliphatic hydroxyl groups is 1. The van der Waals surface area contributed by atoms with Crippen LogP contribution in [0.1, 0.15) is 25.5 Å². The number of benzene rings is 1. The number of aromatic nitrogens is 2. The van der Waals surface area contributed by atoms with Gasteiger partial charge in [0.2, 0.25) is 0 Å². The summed E-state index contributed by atoms with van der Waals surface area (Å²) in [7, 11) is 0. The van der Waals surface area contributed by atoms with Crippen LogP contribution in [0.25, 0.3) is 5.69 Å². The maximum absolute atomic E-state index is 11.9. The normalized spacial score (nSPS) is 12.0. The van der Waals surface area contributed by atoms with Crippen LogP contribution in [0.3, 0.4) is 0 Å². The summed E-state index contributed by atoms with van der Waals surface area (Å²) in [4.78, 5) is 11.9. The summed E-state index contributed by atoms with van der Waals surface area (Å²) in [5.41, 5.74) is 1.72. The second kappa shape index (κ2) is 7.99. The molecule has 0 radical (unpaired) electrons. The fourth-order valence-corrected chi connectivity index (χ4v) is 2.44.